The van der Waals surface area contributed by atoms with Gasteiger partial charge in [0.1, 0.15) is 4.90 Å². The zero-order chi connectivity index (χ0) is 15.3. The van der Waals surface area contributed by atoms with Crippen LogP contribution in [0.2, 0.25) is 0 Å². The van der Waals surface area contributed by atoms with E-state index in [0.29, 0.717) is 0 Å². The van der Waals surface area contributed by atoms with Crippen LogP contribution in [0.5, 0.6) is 0 Å². The Bertz CT molecular complexity index is 624. The third-order valence-corrected chi connectivity index (χ3v) is 3.16. The Morgan fingerprint density at radius 3 is 2.10 bits per heavy atom. The van der Waals surface area contributed by atoms with Gasteiger partial charge < -0.3 is 9.47 Å². The van der Waals surface area contributed by atoms with Crippen molar-refractivity contribution < 1.29 is 32.0 Å². The summed E-state index contributed by atoms with van der Waals surface area (Å²) in [5.41, 5.74) is -0.435. The van der Waals surface area contributed by atoms with E-state index in [1.807, 2.05) is 0 Å². The predicted octanol–water partition coefficient (Wildman–Crippen LogP) is 0.906. The molecule has 1 rings (SSSR count). The van der Waals surface area contributed by atoms with Crippen LogP contribution in [-0.4, -0.2) is 57.0 Å². The van der Waals surface area contributed by atoms with E-state index in [2.05, 4.69) is 4.74 Å². The van der Waals surface area contributed by atoms with Crippen LogP contribution in [0.3, 0.4) is 0 Å². The van der Waals surface area contributed by atoms with E-state index in [0.717, 1.165) is 12.1 Å². The minimum atomic E-state index is -4.68. The second-order valence-corrected chi connectivity index (χ2v) is 5.02. The molecule has 0 saturated heterocycles. The molecule has 0 aromatic heterocycles. The third kappa shape index (κ3) is 5.17. The molecule has 0 fully saturated rings. The molecule has 0 amide bonds. The van der Waals surface area contributed by atoms with Gasteiger partial charge in [0.2, 0.25) is 0 Å². The van der Waals surface area contributed by atoms with Crippen molar-refractivity contribution >= 4 is 40.9 Å². The maximum Gasteiger partial charge on any atom is 0.339 e. The van der Waals surface area contributed by atoms with Gasteiger partial charge in [0.25, 0.3) is 10.1 Å². The Labute approximate surface area is 134 Å². The molecule has 1 radical (unpaired) electrons. The molecule has 0 aliphatic heterocycles. The van der Waals surface area contributed by atoms with Crippen LogP contribution < -0.4 is 0 Å². The van der Waals surface area contributed by atoms with Crippen LogP contribution in [-0.2, 0) is 19.6 Å². The summed E-state index contributed by atoms with van der Waals surface area (Å²) in [6.45, 7) is 3.30. The molecular formula is C12H14LiO7S. The Hall–Kier alpha value is -1.33. The van der Waals surface area contributed by atoms with Crippen LogP contribution >= 0.6 is 0 Å². The summed E-state index contributed by atoms with van der Waals surface area (Å²) in [5, 5.41) is 0. The van der Waals surface area contributed by atoms with E-state index in [-0.39, 0.29) is 43.2 Å². The predicted molar refractivity (Wildman–Crippen MR) is 73.9 cm³/mol. The maximum atomic E-state index is 11.6. The SMILES string of the molecule is CCOC(=O)c1ccc(C(=O)OCC)c(S(=O)(=O)O)c1.[Li]. The van der Waals surface area contributed by atoms with Crippen molar-refractivity contribution in [3.63, 3.8) is 0 Å². The van der Waals surface area contributed by atoms with Crippen molar-refractivity contribution in [2.24, 2.45) is 0 Å². The summed E-state index contributed by atoms with van der Waals surface area (Å²) in [6, 6.07) is 3.19. The van der Waals surface area contributed by atoms with Crippen LogP contribution in [0.25, 0.3) is 0 Å². The van der Waals surface area contributed by atoms with Gasteiger partial charge in [-0.15, -0.1) is 0 Å². The summed E-state index contributed by atoms with van der Waals surface area (Å²) >= 11 is 0. The fourth-order valence-corrected chi connectivity index (χ4v) is 2.16. The Morgan fingerprint density at radius 2 is 1.62 bits per heavy atom. The molecule has 111 valence electrons. The molecule has 0 bridgehead atoms. The molecule has 1 aromatic rings. The average molecular weight is 309 g/mol. The fourth-order valence-electron chi connectivity index (χ4n) is 1.45. The summed E-state index contributed by atoms with van der Waals surface area (Å²) < 4.78 is 41.1. The van der Waals surface area contributed by atoms with Crippen LogP contribution in [0.4, 0.5) is 0 Å². The summed E-state index contributed by atoms with van der Waals surface area (Å²) in [4.78, 5) is 22.4. The van der Waals surface area contributed by atoms with Gasteiger partial charge >= 0.3 is 11.9 Å². The molecule has 9 heteroatoms. The monoisotopic (exact) mass is 309 g/mol. The van der Waals surface area contributed by atoms with Crippen LogP contribution in [0.15, 0.2) is 23.1 Å². The van der Waals surface area contributed by atoms with Crippen molar-refractivity contribution in [2.75, 3.05) is 13.2 Å². The largest absolute Gasteiger partial charge is 0.462 e. The van der Waals surface area contributed by atoms with E-state index in [4.69, 9.17) is 9.29 Å². The number of hydrogen-bond donors (Lipinski definition) is 1. The first-order valence-electron chi connectivity index (χ1n) is 5.77. The zero-order valence-electron chi connectivity index (χ0n) is 12.0. The smallest absolute Gasteiger partial charge is 0.339 e. The van der Waals surface area contributed by atoms with Gasteiger partial charge in [0.05, 0.1) is 24.3 Å². The van der Waals surface area contributed by atoms with E-state index >= 15 is 0 Å². The minimum absolute atomic E-state index is 0. The van der Waals surface area contributed by atoms with Gasteiger partial charge in [-0.3, -0.25) is 4.55 Å². The van der Waals surface area contributed by atoms with E-state index in [1.54, 1.807) is 13.8 Å². The third-order valence-electron chi connectivity index (χ3n) is 2.27. The van der Waals surface area contributed by atoms with Crippen LogP contribution in [0.1, 0.15) is 34.6 Å². The van der Waals surface area contributed by atoms with Gasteiger partial charge in [-0.25, -0.2) is 9.59 Å². The molecule has 0 atom stereocenters. The van der Waals surface area contributed by atoms with E-state index in [1.165, 1.54) is 6.07 Å². The molecule has 1 aromatic carbocycles. The second-order valence-electron chi connectivity index (χ2n) is 3.63. The molecule has 0 aliphatic carbocycles. The summed E-state index contributed by atoms with van der Waals surface area (Å²) in [5.74, 6) is -1.66. The van der Waals surface area contributed by atoms with Gasteiger partial charge in [-0.2, -0.15) is 8.42 Å². The molecule has 0 heterocycles. The molecule has 21 heavy (non-hydrogen) atoms. The summed E-state index contributed by atoms with van der Waals surface area (Å²) in [7, 11) is -4.68. The summed E-state index contributed by atoms with van der Waals surface area (Å²) in [6.07, 6.45) is 0. The minimum Gasteiger partial charge on any atom is -0.462 e. The van der Waals surface area contributed by atoms with Gasteiger partial charge in [-0.1, -0.05) is 0 Å². The number of ether oxygens (including phenoxy) is 2. The van der Waals surface area contributed by atoms with Crippen molar-refractivity contribution in [1.29, 1.82) is 0 Å². The standard InChI is InChI=1S/C12H14O7S.Li/c1-3-18-11(13)8-5-6-9(12(14)19-4-2)10(7-8)20(15,16)17;/h5-7H,3-4H2,1-2H3,(H,15,16,17);. The molecule has 0 saturated carbocycles. The fraction of sp³-hybridized carbons (Fsp3) is 0.333. The Balaban J connectivity index is 0.00000400. The normalized spacial score (nSPS) is 10.4. The molecule has 0 aliphatic rings. The average Bonchev–Trinajstić information content (AvgIpc) is 2.37. The van der Waals surface area contributed by atoms with Crippen molar-refractivity contribution in [3.05, 3.63) is 29.3 Å². The molecular weight excluding hydrogens is 295 g/mol. The first kappa shape index (κ1) is 19.7. The van der Waals surface area contributed by atoms with E-state index < -0.39 is 27.0 Å². The number of esters is 2. The zero-order valence-corrected chi connectivity index (χ0v) is 12.8. The first-order valence-corrected chi connectivity index (χ1v) is 7.21. The first-order chi connectivity index (χ1) is 9.31. The topological polar surface area (TPSA) is 107 Å². The molecule has 1 N–H and O–H groups in total. The second kappa shape index (κ2) is 8.19. The Kier molecular flexibility index (Phi) is 7.67. The molecule has 0 unspecified atom stereocenters. The molecule has 0 spiro atoms. The van der Waals surface area contributed by atoms with Gasteiger partial charge in [0.15, 0.2) is 0 Å². The van der Waals surface area contributed by atoms with Crippen molar-refractivity contribution in [1.82, 2.24) is 0 Å². The quantitative estimate of drug-likeness (QED) is 0.489. The Morgan fingerprint density at radius 1 is 1.10 bits per heavy atom. The van der Waals surface area contributed by atoms with Gasteiger partial charge in [-0.05, 0) is 32.0 Å². The maximum absolute atomic E-state index is 11.6. The van der Waals surface area contributed by atoms with Crippen molar-refractivity contribution in [2.45, 2.75) is 18.7 Å². The molecule has 7 nitrogen and oxygen atoms in total. The number of hydrogen-bond acceptors (Lipinski definition) is 6. The number of carbonyl (C=O) groups excluding carboxylic acids is 2. The van der Waals surface area contributed by atoms with Gasteiger partial charge in [0, 0.05) is 18.9 Å². The number of carbonyl (C=O) groups is 2. The van der Waals surface area contributed by atoms with E-state index in [9.17, 15) is 18.0 Å². The number of rotatable bonds is 5. The van der Waals surface area contributed by atoms with Crippen LogP contribution in [0, 0.1) is 0 Å². The number of benzene rings is 1. The van der Waals surface area contributed by atoms with Crippen molar-refractivity contribution in [3.8, 4) is 0 Å².